The highest BCUT2D eigenvalue weighted by atomic mass is 32.1. The van der Waals surface area contributed by atoms with E-state index in [1.165, 1.54) is 17.4 Å². The summed E-state index contributed by atoms with van der Waals surface area (Å²) in [7, 11) is 0. The quantitative estimate of drug-likeness (QED) is 0.811. The summed E-state index contributed by atoms with van der Waals surface area (Å²) in [6.45, 7) is 2.17. The summed E-state index contributed by atoms with van der Waals surface area (Å²) in [5.41, 5.74) is 1.17. The molecule has 2 heterocycles. The number of fused-ring (bicyclic) bond motifs is 1. The van der Waals surface area contributed by atoms with E-state index in [0.717, 1.165) is 34.6 Å². The van der Waals surface area contributed by atoms with Gasteiger partial charge in [-0.05, 0) is 48.3 Å². The van der Waals surface area contributed by atoms with Gasteiger partial charge >= 0.3 is 5.97 Å². The van der Waals surface area contributed by atoms with Crippen LogP contribution >= 0.6 is 22.7 Å². The fourth-order valence-corrected chi connectivity index (χ4v) is 4.79. The number of amides is 1. The van der Waals surface area contributed by atoms with Crippen molar-refractivity contribution in [1.29, 1.82) is 0 Å². The van der Waals surface area contributed by atoms with Crippen molar-refractivity contribution in [3.05, 3.63) is 44.5 Å². The second-order valence-electron chi connectivity index (χ2n) is 5.70. The van der Waals surface area contributed by atoms with Crippen molar-refractivity contribution in [3.63, 3.8) is 0 Å². The van der Waals surface area contributed by atoms with Crippen molar-refractivity contribution in [1.82, 2.24) is 0 Å². The molecule has 1 aliphatic carbocycles. The fourth-order valence-electron chi connectivity index (χ4n) is 2.76. The van der Waals surface area contributed by atoms with Gasteiger partial charge in [-0.25, -0.2) is 4.79 Å². The molecule has 0 bridgehead atoms. The summed E-state index contributed by atoms with van der Waals surface area (Å²) in [6.07, 6.45) is 5.83. The minimum atomic E-state index is -0.963. The second kappa shape index (κ2) is 6.68. The van der Waals surface area contributed by atoms with E-state index < -0.39 is 5.97 Å². The molecule has 1 aliphatic rings. The van der Waals surface area contributed by atoms with Crippen LogP contribution in [0.1, 0.15) is 39.0 Å². The van der Waals surface area contributed by atoms with Gasteiger partial charge in [0, 0.05) is 15.8 Å². The van der Waals surface area contributed by atoms with Gasteiger partial charge in [0.05, 0.1) is 5.56 Å². The van der Waals surface area contributed by atoms with E-state index in [0.29, 0.717) is 10.9 Å². The second-order valence-corrected chi connectivity index (χ2v) is 7.78. The normalized spacial score (nSPS) is 17.2. The Morgan fingerprint density at radius 2 is 2.26 bits per heavy atom. The molecule has 2 aromatic rings. The summed E-state index contributed by atoms with van der Waals surface area (Å²) in [5, 5.41) is 14.6. The molecule has 0 unspecified atom stereocenters. The Labute approximate surface area is 142 Å². The molecule has 0 aliphatic heterocycles. The molecule has 6 heteroatoms. The van der Waals surface area contributed by atoms with Gasteiger partial charge in [0.2, 0.25) is 5.91 Å². The lowest BCUT2D eigenvalue weighted by Crippen LogP contribution is -2.13. The van der Waals surface area contributed by atoms with Crippen LogP contribution in [0.5, 0.6) is 0 Å². The van der Waals surface area contributed by atoms with Crippen molar-refractivity contribution in [2.45, 2.75) is 26.2 Å². The molecule has 0 spiro atoms. The van der Waals surface area contributed by atoms with Crippen LogP contribution < -0.4 is 5.32 Å². The SMILES string of the molecule is C[C@@H]1CCc2c(sc(NC(=O)/C=C/c3cccs3)c2C(=O)O)C1. The van der Waals surface area contributed by atoms with E-state index in [1.54, 1.807) is 17.4 Å². The summed E-state index contributed by atoms with van der Waals surface area (Å²) >= 11 is 2.94. The van der Waals surface area contributed by atoms with E-state index in [2.05, 4.69) is 12.2 Å². The monoisotopic (exact) mass is 347 g/mol. The Balaban J connectivity index is 1.82. The zero-order valence-corrected chi connectivity index (χ0v) is 14.3. The smallest absolute Gasteiger partial charge is 0.339 e. The molecule has 120 valence electrons. The summed E-state index contributed by atoms with van der Waals surface area (Å²) in [6, 6.07) is 3.83. The molecule has 2 aromatic heterocycles. The first kappa shape index (κ1) is 16.0. The lowest BCUT2D eigenvalue weighted by molar-refractivity contribution is -0.111. The molecule has 0 saturated carbocycles. The largest absolute Gasteiger partial charge is 0.478 e. The van der Waals surface area contributed by atoms with Crippen LogP contribution in [-0.2, 0) is 17.6 Å². The highest BCUT2D eigenvalue weighted by Crippen LogP contribution is 2.39. The summed E-state index contributed by atoms with van der Waals surface area (Å²) in [5.74, 6) is -0.702. The first-order valence-electron chi connectivity index (χ1n) is 7.45. The van der Waals surface area contributed by atoms with Gasteiger partial charge in [0.25, 0.3) is 0 Å². The zero-order valence-electron chi connectivity index (χ0n) is 12.7. The van der Waals surface area contributed by atoms with Gasteiger partial charge in [0.1, 0.15) is 5.00 Å². The molecule has 1 atom stereocenters. The van der Waals surface area contributed by atoms with Gasteiger partial charge in [-0.3, -0.25) is 4.79 Å². The number of aromatic carboxylic acids is 1. The van der Waals surface area contributed by atoms with E-state index in [1.807, 2.05) is 17.5 Å². The number of thiophene rings is 2. The number of rotatable bonds is 4. The third-order valence-corrected chi connectivity index (χ3v) is 5.91. The zero-order chi connectivity index (χ0) is 16.4. The Morgan fingerprint density at radius 3 is 2.96 bits per heavy atom. The molecule has 0 saturated heterocycles. The maximum atomic E-state index is 12.1. The average molecular weight is 347 g/mol. The van der Waals surface area contributed by atoms with Gasteiger partial charge in [-0.15, -0.1) is 22.7 Å². The minimum absolute atomic E-state index is 0.273. The maximum Gasteiger partial charge on any atom is 0.339 e. The predicted octanol–water partition coefficient (Wildman–Crippen LogP) is 4.28. The first-order chi connectivity index (χ1) is 11.0. The van der Waals surface area contributed by atoms with E-state index >= 15 is 0 Å². The van der Waals surface area contributed by atoms with Crippen molar-refractivity contribution >= 4 is 45.6 Å². The van der Waals surface area contributed by atoms with Crippen LogP contribution in [-0.4, -0.2) is 17.0 Å². The highest BCUT2D eigenvalue weighted by Gasteiger charge is 2.27. The van der Waals surface area contributed by atoms with Crippen LogP contribution in [0, 0.1) is 5.92 Å². The van der Waals surface area contributed by atoms with Crippen LogP contribution in [0.15, 0.2) is 23.6 Å². The van der Waals surface area contributed by atoms with Crippen molar-refractivity contribution < 1.29 is 14.7 Å². The molecule has 0 radical (unpaired) electrons. The fraction of sp³-hybridized carbons (Fsp3) is 0.294. The van der Waals surface area contributed by atoms with Crippen LogP contribution in [0.25, 0.3) is 6.08 Å². The van der Waals surface area contributed by atoms with Gasteiger partial charge < -0.3 is 10.4 Å². The number of carboxylic acids is 1. The van der Waals surface area contributed by atoms with E-state index in [4.69, 9.17) is 0 Å². The molecule has 2 N–H and O–H groups in total. The number of carboxylic acid groups (broad SMARTS) is 1. The Hall–Kier alpha value is -1.92. The molecule has 0 aromatic carbocycles. The molecule has 4 nitrogen and oxygen atoms in total. The lowest BCUT2D eigenvalue weighted by atomic mass is 9.88. The van der Waals surface area contributed by atoms with Crippen LogP contribution in [0.3, 0.4) is 0 Å². The van der Waals surface area contributed by atoms with Gasteiger partial charge in [0.15, 0.2) is 0 Å². The predicted molar refractivity (Wildman–Crippen MR) is 94.5 cm³/mol. The summed E-state index contributed by atoms with van der Waals surface area (Å²) in [4.78, 5) is 25.8. The number of hydrogen-bond donors (Lipinski definition) is 2. The molecular formula is C17H17NO3S2. The van der Waals surface area contributed by atoms with Gasteiger partial charge in [-0.1, -0.05) is 13.0 Å². The number of nitrogens with one attached hydrogen (secondary N) is 1. The minimum Gasteiger partial charge on any atom is -0.478 e. The number of carbonyl (C=O) groups excluding carboxylic acids is 1. The average Bonchev–Trinajstić information content (AvgIpc) is 3.11. The van der Waals surface area contributed by atoms with E-state index in [-0.39, 0.29) is 11.5 Å². The Morgan fingerprint density at radius 1 is 1.43 bits per heavy atom. The topological polar surface area (TPSA) is 66.4 Å². The molecule has 3 rings (SSSR count). The number of carbonyl (C=O) groups is 2. The highest BCUT2D eigenvalue weighted by molar-refractivity contribution is 7.17. The van der Waals surface area contributed by atoms with E-state index in [9.17, 15) is 14.7 Å². The van der Waals surface area contributed by atoms with Crippen molar-refractivity contribution in [2.75, 3.05) is 5.32 Å². The van der Waals surface area contributed by atoms with Crippen LogP contribution in [0.4, 0.5) is 5.00 Å². The summed E-state index contributed by atoms with van der Waals surface area (Å²) < 4.78 is 0. The third kappa shape index (κ3) is 3.54. The standard InChI is InChI=1S/C17H17NO3S2/c1-10-4-6-12-13(9-10)23-16(15(12)17(20)21)18-14(19)7-5-11-3-2-8-22-11/h2-3,5,7-8,10H,4,6,9H2,1H3,(H,18,19)(H,20,21)/b7-5+/t10-/m1/s1. The van der Waals surface area contributed by atoms with Crippen molar-refractivity contribution in [2.24, 2.45) is 5.92 Å². The van der Waals surface area contributed by atoms with Crippen molar-refractivity contribution in [3.8, 4) is 0 Å². The molecule has 0 fully saturated rings. The molecular weight excluding hydrogens is 330 g/mol. The Bertz CT molecular complexity index is 759. The molecule has 1 amide bonds. The van der Waals surface area contributed by atoms with Gasteiger partial charge in [-0.2, -0.15) is 0 Å². The lowest BCUT2D eigenvalue weighted by Gasteiger charge is -2.17. The Kier molecular flexibility index (Phi) is 4.63. The first-order valence-corrected chi connectivity index (χ1v) is 9.14. The maximum absolute atomic E-state index is 12.1. The number of hydrogen-bond acceptors (Lipinski definition) is 4. The molecule has 23 heavy (non-hydrogen) atoms. The van der Waals surface area contributed by atoms with Crippen LogP contribution in [0.2, 0.25) is 0 Å². The number of anilines is 1. The third-order valence-electron chi connectivity index (χ3n) is 3.90.